The molecule has 1 aliphatic rings. The summed E-state index contributed by atoms with van der Waals surface area (Å²) >= 11 is 1.68. The summed E-state index contributed by atoms with van der Waals surface area (Å²) in [5.41, 5.74) is 1.96. The Bertz CT molecular complexity index is 647. The molecule has 0 saturated carbocycles. The zero-order valence-electron chi connectivity index (χ0n) is 12.3. The summed E-state index contributed by atoms with van der Waals surface area (Å²) in [4.78, 5) is 17.9. The van der Waals surface area contributed by atoms with Crippen LogP contribution in [0.5, 0.6) is 0 Å². The summed E-state index contributed by atoms with van der Waals surface area (Å²) < 4.78 is 7.13. The SMILES string of the molecule is CCCn1nccc1-c1nc2c(s1)CCC2C(=O)OCC. The van der Waals surface area contributed by atoms with Gasteiger partial charge in [0.25, 0.3) is 0 Å². The number of aryl methyl sites for hydroxylation is 2. The van der Waals surface area contributed by atoms with E-state index in [4.69, 9.17) is 9.72 Å². The molecule has 0 amide bonds. The summed E-state index contributed by atoms with van der Waals surface area (Å²) in [6.07, 6.45) is 4.57. The lowest BCUT2D eigenvalue weighted by atomic mass is 10.1. The summed E-state index contributed by atoms with van der Waals surface area (Å²) in [6.45, 7) is 5.27. The van der Waals surface area contributed by atoms with Gasteiger partial charge in [-0.1, -0.05) is 6.92 Å². The van der Waals surface area contributed by atoms with E-state index in [1.54, 1.807) is 17.5 Å². The van der Waals surface area contributed by atoms with E-state index in [2.05, 4.69) is 12.0 Å². The van der Waals surface area contributed by atoms with Crippen molar-refractivity contribution in [1.82, 2.24) is 14.8 Å². The molecule has 21 heavy (non-hydrogen) atoms. The van der Waals surface area contributed by atoms with Gasteiger partial charge < -0.3 is 4.74 Å². The van der Waals surface area contributed by atoms with Gasteiger partial charge in [0, 0.05) is 17.6 Å². The molecule has 1 unspecified atom stereocenters. The van der Waals surface area contributed by atoms with Crippen molar-refractivity contribution in [2.45, 2.75) is 45.6 Å². The highest BCUT2D eigenvalue weighted by atomic mass is 32.1. The van der Waals surface area contributed by atoms with Gasteiger partial charge in [-0.05, 0) is 32.3 Å². The van der Waals surface area contributed by atoms with E-state index >= 15 is 0 Å². The summed E-state index contributed by atoms with van der Waals surface area (Å²) in [7, 11) is 0. The first-order valence-electron chi connectivity index (χ1n) is 7.43. The molecule has 3 rings (SSSR count). The van der Waals surface area contributed by atoms with Crippen LogP contribution in [0.4, 0.5) is 0 Å². The molecule has 2 aromatic heterocycles. The van der Waals surface area contributed by atoms with E-state index in [1.807, 2.05) is 17.7 Å². The van der Waals surface area contributed by atoms with Gasteiger partial charge in [-0.2, -0.15) is 5.10 Å². The highest BCUT2D eigenvalue weighted by Gasteiger charge is 2.34. The van der Waals surface area contributed by atoms with Gasteiger partial charge in [-0.3, -0.25) is 9.48 Å². The smallest absolute Gasteiger partial charge is 0.315 e. The number of carbonyl (C=O) groups is 1. The fourth-order valence-electron chi connectivity index (χ4n) is 2.71. The Morgan fingerprint density at radius 2 is 2.38 bits per heavy atom. The van der Waals surface area contributed by atoms with Crippen molar-refractivity contribution < 1.29 is 9.53 Å². The van der Waals surface area contributed by atoms with E-state index in [-0.39, 0.29) is 11.9 Å². The Balaban J connectivity index is 1.89. The largest absolute Gasteiger partial charge is 0.465 e. The third-order valence-electron chi connectivity index (χ3n) is 3.66. The normalized spacial score (nSPS) is 17.0. The Morgan fingerprint density at radius 3 is 3.14 bits per heavy atom. The number of nitrogens with zero attached hydrogens (tertiary/aromatic N) is 3. The second-order valence-electron chi connectivity index (χ2n) is 5.11. The van der Waals surface area contributed by atoms with Gasteiger partial charge in [-0.15, -0.1) is 11.3 Å². The molecule has 0 aromatic carbocycles. The number of hydrogen-bond acceptors (Lipinski definition) is 5. The Labute approximate surface area is 128 Å². The number of rotatable bonds is 5. The lowest BCUT2D eigenvalue weighted by Gasteiger charge is -2.08. The van der Waals surface area contributed by atoms with E-state index in [1.165, 1.54) is 4.88 Å². The van der Waals surface area contributed by atoms with Crippen LogP contribution in [-0.4, -0.2) is 27.3 Å². The maximum atomic E-state index is 12.0. The topological polar surface area (TPSA) is 57.0 Å². The minimum Gasteiger partial charge on any atom is -0.465 e. The van der Waals surface area contributed by atoms with Crippen molar-refractivity contribution >= 4 is 17.3 Å². The van der Waals surface area contributed by atoms with Gasteiger partial charge in [0.2, 0.25) is 0 Å². The van der Waals surface area contributed by atoms with Crippen LogP contribution in [0.15, 0.2) is 12.3 Å². The van der Waals surface area contributed by atoms with Gasteiger partial charge in [0.15, 0.2) is 0 Å². The van der Waals surface area contributed by atoms with Crippen molar-refractivity contribution in [3.05, 3.63) is 22.8 Å². The first kappa shape index (κ1) is 14.3. The highest BCUT2D eigenvalue weighted by molar-refractivity contribution is 7.15. The zero-order chi connectivity index (χ0) is 14.8. The molecule has 0 radical (unpaired) electrons. The molecule has 6 heteroatoms. The molecule has 5 nitrogen and oxygen atoms in total. The number of ether oxygens (including phenoxy) is 1. The van der Waals surface area contributed by atoms with Crippen LogP contribution in [0.3, 0.4) is 0 Å². The third kappa shape index (κ3) is 2.60. The van der Waals surface area contributed by atoms with Gasteiger partial charge in [0.05, 0.1) is 18.0 Å². The molecular weight excluding hydrogens is 286 g/mol. The minimum atomic E-state index is -0.188. The fraction of sp³-hybridized carbons (Fsp3) is 0.533. The predicted molar refractivity (Wildman–Crippen MR) is 81.3 cm³/mol. The zero-order valence-corrected chi connectivity index (χ0v) is 13.2. The standard InChI is InChI=1S/C15H19N3O2S/c1-3-9-18-11(7-8-16-18)14-17-13-10(15(19)20-4-2)5-6-12(13)21-14/h7-8,10H,3-6,9H2,1-2H3. The molecule has 0 fully saturated rings. The van der Waals surface area contributed by atoms with Crippen molar-refractivity contribution in [1.29, 1.82) is 0 Å². The predicted octanol–water partition coefficient (Wildman–Crippen LogP) is 3.01. The van der Waals surface area contributed by atoms with Crippen molar-refractivity contribution in [3.8, 4) is 10.7 Å². The third-order valence-corrected chi connectivity index (χ3v) is 4.81. The van der Waals surface area contributed by atoms with Crippen molar-refractivity contribution in [2.24, 2.45) is 0 Å². The molecule has 0 aliphatic heterocycles. The maximum Gasteiger partial charge on any atom is 0.315 e. The summed E-state index contributed by atoms with van der Waals surface area (Å²) in [5, 5.41) is 5.30. The molecule has 1 aliphatic carbocycles. The van der Waals surface area contributed by atoms with Crippen LogP contribution >= 0.6 is 11.3 Å². The molecule has 0 N–H and O–H groups in total. The monoisotopic (exact) mass is 305 g/mol. The number of esters is 1. The van der Waals surface area contributed by atoms with Gasteiger partial charge in [0.1, 0.15) is 10.9 Å². The molecule has 0 spiro atoms. The van der Waals surface area contributed by atoms with Crippen LogP contribution in [0.1, 0.15) is 43.2 Å². The van der Waals surface area contributed by atoms with Crippen LogP contribution in [0, 0.1) is 0 Å². The average Bonchev–Trinajstić information content (AvgIpc) is 3.12. The molecule has 112 valence electrons. The van der Waals surface area contributed by atoms with E-state index in [0.29, 0.717) is 6.61 Å². The second kappa shape index (κ2) is 5.97. The summed E-state index contributed by atoms with van der Waals surface area (Å²) in [5.74, 6) is -0.331. The Kier molecular flexibility index (Phi) is 4.05. The van der Waals surface area contributed by atoms with Crippen molar-refractivity contribution in [2.75, 3.05) is 6.61 Å². The number of fused-ring (bicyclic) bond motifs is 1. The van der Waals surface area contributed by atoms with Crippen molar-refractivity contribution in [3.63, 3.8) is 0 Å². The maximum absolute atomic E-state index is 12.0. The fourth-order valence-corrected chi connectivity index (χ4v) is 3.88. The minimum absolute atomic E-state index is 0.143. The van der Waals surface area contributed by atoms with Crippen LogP contribution < -0.4 is 0 Å². The number of thiazole rings is 1. The molecule has 0 bridgehead atoms. The molecule has 2 heterocycles. The summed E-state index contributed by atoms with van der Waals surface area (Å²) in [6, 6.07) is 1.99. The molecule has 0 saturated heterocycles. The highest BCUT2D eigenvalue weighted by Crippen LogP contribution is 2.40. The first-order valence-corrected chi connectivity index (χ1v) is 8.24. The van der Waals surface area contributed by atoms with Crippen LogP contribution in [0.25, 0.3) is 10.7 Å². The first-order chi connectivity index (χ1) is 10.2. The number of hydrogen-bond donors (Lipinski definition) is 0. The second-order valence-corrected chi connectivity index (χ2v) is 6.19. The van der Waals surface area contributed by atoms with Crippen LogP contribution in [0.2, 0.25) is 0 Å². The molecular formula is C15H19N3O2S. The molecule has 2 aromatic rings. The quantitative estimate of drug-likeness (QED) is 0.797. The molecule has 1 atom stereocenters. The number of carbonyl (C=O) groups excluding carboxylic acids is 1. The lowest BCUT2D eigenvalue weighted by Crippen LogP contribution is -2.14. The van der Waals surface area contributed by atoms with E-state index in [0.717, 1.165) is 42.2 Å². The average molecular weight is 305 g/mol. The number of aromatic nitrogens is 3. The lowest BCUT2D eigenvalue weighted by molar-refractivity contribution is -0.145. The Morgan fingerprint density at radius 1 is 1.52 bits per heavy atom. The Hall–Kier alpha value is -1.69. The van der Waals surface area contributed by atoms with E-state index in [9.17, 15) is 4.79 Å². The van der Waals surface area contributed by atoms with Crippen LogP contribution in [-0.2, 0) is 22.5 Å². The van der Waals surface area contributed by atoms with Gasteiger partial charge in [-0.25, -0.2) is 4.98 Å². The van der Waals surface area contributed by atoms with Gasteiger partial charge >= 0.3 is 5.97 Å². The van der Waals surface area contributed by atoms with E-state index < -0.39 is 0 Å².